The van der Waals surface area contributed by atoms with E-state index in [1.165, 1.54) is 0 Å². The van der Waals surface area contributed by atoms with E-state index in [0.717, 1.165) is 0 Å². The minimum absolute atomic E-state index is 0.128. The summed E-state index contributed by atoms with van der Waals surface area (Å²) in [6, 6.07) is 0. The van der Waals surface area contributed by atoms with Crippen LogP contribution in [0.5, 0.6) is 0 Å². The predicted octanol–water partition coefficient (Wildman–Crippen LogP) is 2.01. The van der Waals surface area contributed by atoms with Crippen molar-refractivity contribution in [1.82, 2.24) is 0 Å². The van der Waals surface area contributed by atoms with E-state index in [4.69, 9.17) is 0 Å². The molecule has 0 heterocycles. The highest BCUT2D eigenvalue weighted by Gasteiger charge is 2.24. The molecule has 0 saturated heterocycles. The van der Waals surface area contributed by atoms with Crippen molar-refractivity contribution in [3.63, 3.8) is 0 Å². The van der Waals surface area contributed by atoms with Gasteiger partial charge in [0, 0.05) is 11.8 Å². The molecule has 0 aliphatic heterocycles. The van der Waals surface area contributed by atoms with Gasteiger partial charge in [-0.25, -0.2) is 0 Å². The van der Waals surface area contributed by atoms with Gasteiger partial charge in [-0.1, -0.05) is 34.6 Å². The number of ketones is 1. The summed E-state index contributed by atoms with van der Waals surface area (Å²) in [5, 5.41) is 9.44. The van der Waals surface area contributed by atoms with Crippen LogP contribution in [0.25, 0.3) is 0 Å². The molecule has 1 atom stereocenters. The van der Waals surface area contributed by atoms with E-state index in [1.807, 2.05) is 34.6 Å². The summed E-state index contributed by atoms with van der Waals surface area (Å²) in [6.45, 7) is 9.47. The Hall–Kier alpha value is -0.370. The molecule has 0 unspecified atom stereocenters. The molecule has 2 nitrogen and oxygen atoms in total. The number of Topliss-reactive ketones (excluding diaryl/α,β-unsaturated/α-hetero) is 1. The van der Waals surface area contributed by atoms with Gasteiger partial charge in [0.1, 0.15) is 5.78 Å². The zero-order valence-corrected chi connectivity index (χ0v) is 8.72. The molecule has 0 aromatic heterocycles. The second-order valence-corrected chi connectivity index (χ2v) is 4.69. The second kappa shape index (κ2) is 4.04. The Bertz CT molecular complexity index is 154. The van der Waals surface area contributed by atoms with E-state index in [1.54, 1.807) is 0 Å². The van der Waals surface area contributed by atoms with Crippen LogP contribution in [0.3, 0.4) is 0 Å². The van der Waals surface area contributed by atoms with Gasteiger partial charge in [0.25, 0.3) is 0 Å². The van der Waals surface area contributed by atoms with Crippen molar-refractivity contribution in [2.45, 2.75) is 47.1 Å². The van der Waals surface area contributed by atoms with Crippen molar-refractivity contribution in [2.24, 2.45) is 11.3 Å². The maximum Gasteiger partial charge on any atom is 0.140 e. The number of carbonyl (C=O) groups is 1. The van der Waals surface area contributed by atoms with Crippen LogP contribution >= 0.6 is 0 Å². The molecule has 0 bridgehead atoms. The van der Waals surface area contributed by atoms with Crippen molar-refractivity contribution in [2.75, 3.05) is 0 Å². The van der Waals surface area contributed by atoms with Gasteiger partial charge in [-0.2, -0.15) is 0 Å². The SMILES string of the molecule is CC(C)[C@H](O)CC(=O)C(C)(C)C. The summed E-state index contributed by atoms with van der Waals surface area (Å²) in [4.78, 5) is 11.4. The van der Waals surface area contributed by atoms with Gasteiger partial charge < -0.3 is 5.11 Å². The summed E-state index contributed by atoms with van der Waals surface area (Å²) < 4.78 is 0. The summed E-state index contributed by atoms with van der Waals surface area (Å²) in [6.07, 6.45) is -0.210. The summed E-state index contributed by atoms with van der Waals surface area (Å²) in [5.74, 6) is 0.292. The third-order valence-electron chi connectivity index (χ3n) is 2.00. The third-order valence-corrected chi connectivity index (χ3v) is 2.00. The van der Waals surface area contributed by atoms with Crippen LogP contribution in [-0.4, -0.2) is 17.0 Å². The first-order chi connectivity index (χ1) is 5.25. The normalized spacial score (nSPS) is 14.9. The van der Waals surface area contributed by atoms with Crippen LogP contribution in [0, 0.1) is 11.3 Å². The third kappa shape index (κ3) is 3.86. The molecule has 0 fully saturated rings. The van der Waals surface area contributed by atoms with Crippen molar-refractivity contribution >= 4 is 5.78 Å². The van der Waals surface area contributed by atoms with Crippen molar-refractivity contribution in [3.05, 3.63) is 0 Å². The lowest BCUT2D eigenvalue weighted by Crippen LogP contribution is -2.27. The maximum absolute atomic E-state index is 11.4. The van der Waals surface area contributed by atoms with Crippen LogP contribution in [0.15, 0.2) is 0 Å². The molecule has 1 N–H and O–H groups in total. The minimum atomic E-state index is -0.489. The molecule has 0 spiro atoms. The van der Waals surface area contributed by atoms with Crippen LogP contribution in [0.1, 0.15) is 41.0 Å². The predicted molar refractivity (Wildman–Crippen MR) is 49.9 cm³/mol. The van der Waals surface area contributed by atoms with Gasteiger partial charge in [-0.15, -0.1) is 0 Å². The molecule has 2 heteroatoms. The molecule has 0 aliphatic carbocycles. The quantitative estimate of drug-likeness (QED) is 0.707. The lowest BCUT2D eigenvalue weighted by atomic mass is 9.86. The standard InChI is InChI=1S/C10H20O2/c1-7(2)8(11)6-9(12)10(3,4)5/h7-8,11H,6H2,1-5H3/t8-/m1/s1. The number of aliphatic hydroxyl groups excluding tert-OH is 1. The van der Waals surface area contributed by atoms with Gasteiger partial charge in [-0.3, -0.25) is 4.79 Å². The first kappa shape index (κ1) is 11.6. The van der Waals surface area contributed by atoms with Gasteiger partial charge in [0.2, 0.25) is 0 Å². The van der Waals surface area contributed by atoms with Gasteiger partial charge in [0.15, 0.2) is 0 Å². The van der Waals surface area contributed by atoms with Gasteiger partial charge in [-0.05, 0) is 5.92 Å². The minimum Gasteiger partial charge on any atom is -0.392 e. The Morgan fingerprint density at radius 1 is 1.33 bits per heavy atom. The lowest BCUT2D eigenvalue weighted by molar-refractivity contribution is -0.128. The van der Waals surface area contributed by atoms with Crippen LogP contribution in [0.2, 0.25) is 0 Å². The highest BCUT2D eigenvalue weighted by molar-refractivity contribution is 5.84. The number of rotatable bonds is 3. The van der Waals surface area contributed by atoms with Crippen LogP contribution < -0.4 is 0 Å². The summed E-state index contributed by atoms with van der Waals surface area (Å²) in [5.41, 5.74) is -0.324. The number of hydrogen-bond acceptors (Lipinski definition) is 2. The molecule has 0 aromatic rings. The summed E-state index contributed by atoms with van der Waals surface area (Å²) in [7, 11) is 0. The monoisotopic (exact) mass is 172 g/mol. The molecule has 0 saturated carbocycles. The molecular formula is C10H20O2. The molecule has 0 aliphatic rings. The molecule has 0 amide bonds. The van der Waals surface area contributed by atoms with E-state index in [2.05, 4.69) is 0 Å². The highest BCUT2D eigenvalue weighted by atomic mass is 16.3. The number of aliphatic hydroxyl groups is 1. The lowest BCUT2D eigenvalue weighted by Gasteiger charge is -2.20. The first-order valence-electron chi connectivity index (χ1n) is 4.46. The second-order valence-electron chi connectivity index (χ2n) is 4.69. The molecular weight excluding hydrogens is 152 g/mol. The first-order valence-corrected chi connectivity index (χ1v) is 4.46. The number of hydrogen-bond donors (Lipinski definition) is 1. The smallest absolute Gasteiger partial charge is 0.140 e. The average Bonchev–Trinajstić information content (AvgIpc) is 1.85. The Labute approximate surface area is 75.0 Å². The zero-order chi connectivity index (χ0) is 9.94. The number of carbonyl (C=O) groups excluding carboxylic acids is 1. The van der Waals surface area contributed by atoms with Crippen molar-refractivity contribution in [1.29, 1.82) is 0 Å². The Morgan fingerprint density at radius 3 is 2.00 bits per heavy atom. The topological polar surface area (TPSA) is 37.3 Å². The van der Waals surface area contributed by atoms with Crippen molar-refractivity contribution < 1.29 is 9.90 Å². The fourth-order valence-corrected chi connectivity index (χ4v) is 0.732. The zero-order valence-electron chi connectivity index (χ0n) is 8.72. The van der Waals surface area contributed by atoms with Crippen LogP contribution in [-0.2, 0) is 4.79 Å². The van der Waals surface area contributed by atoms with Gasteiger partial charge in [0.05, 0.1) is 6.10 Å². The van der Waals surface area contributed by atoms with Gasteiger partial charge >= 0.3 is 0 Å². The van der Waals surface area contributed by atoms with E-state index in [0.29, 0.717) is 0 Å². The Balaban J connectivity index is 4.02. The maximum atomic E-state index is 11.4. The van der Waals surface area contributed by atoms with Crippen molar-refractivity contribution in [3.8, 4) is 0 Å². The fourth-order valence-electron chi connectivity index (χ4n) is 0.732. The molecule has 72 valence electrons. The fraction of sp³-hybridized carbons (Fsp3) is 0.900. The molecule has 0 aromatic carbocycles. The molecule has 12 heavy (non-hydrogen) atoms. The highest BCUT2D eigenvalue weighted by Crippen LogP contribution is 2.19. The Morgan fingerprint density at radius 2 is 1.75 bits per heavy atom. The Kier molecular flexibility index (Phi) is 3.91. The van der Waals surface area contributed by atoms with E-state index in [9.17, 15) is 9.90 Å². The van der Waals surface area contributed by atoms with Crippen LogP contribution in [0.4, 0.5) is 0 Å². The summed E-state index contributed by atoms with van der Waals surface area (Å²) >= 11 is 0. The van der Waals surface area contributed by atoms with E-state index in [-0.39, 0.29) is 23.5 Å². The molecule has 0 radical (unpaired) electrons. The van der Waals surface area contributed by atoms with E-state index >= 15 is 0 Å². The average molecular weight is 172 g/mol. The molecule has 0 rings (SSSR count). The largest absolute Gasteiger partial charge is 0.392 e. The van der Waals surface area contributed by atoms with E-state index < -0.39 is 6.10 Å².